The van der Waals surface area contributed by atoms with Crippen molar-refractivity contribution in [3.63, 3.8) is 0 Å². The minimum atomic E-state index is -0.173. The van der Waals surface area contributed by atoms with Gasteiger partial charge >= 0.3 is 6.03 Å². The van der Waals surface area contributed by atoms with Crippen LogP contribution in [0.1, 0.15) is 40.5 Å². The lowest BCUT2D eigenvalue weighted by atomic mass is 10.0. The highest BCUT2D eigenvalue weighted by atomic mass is 16.2. The van der Waals surface area contributed by atoms with Crippen molar-refractivity contribution in [2.24, 2.45) is 0 Å². The van der Waals surface area contributed by atoms with Crippen molar-refractivity contribution in [2.45, 2.75) is 51.6 Å². The Hall–Kier alpha value is -0.770. The molecule has 15 heavy (non-hydrogen) atoms. The Kier molecular flexibility index (Phi) is 3.60. The van der Waals surface area contributed by atoms with E-state index >= 15 is 0 Å². The quantitative estimate of drug-likeness (QED) is 0.646. The van der Waals surface area contributed by atoms with Crippen molar-refractivity contribution in [2.75, 3.05) is 13.1 Å². The van der Waals surface area contributed by atoms with E-state index in [9.17, 15) is 4.79 Å². The molecule has 1 atom stereocenters. The standard InChI is InChI=1S/C11H23N3O/c1-10(2,3)14-9(15)12-8-11(4)6-5-7-13-11/h13H,5-8H2,1-4H3,(H2,12,14,15). The highest BCUT2D eigenvalue weighted by molar-refractivity contribution is 5.74. The Morgan fingerprint density at radius 1 is 1.47 bits per heavy atom. The van der Waals surface area contributed by atoms with Crippen molar-refractivity contribution >= 4 is 6.03 Å². The third-order valence-electron chi connectivity index (χ3n) is 2.58. The Balaban J connectivity index is 2.28. The number of rotatable bonds is 2. The molecule has 0 radical (unpaired) electrons. The first-order valence-electron chi connectivity index (χ1n) is 5.62. The number of carbonyl (C=O) groups is 1. The lowest BCUT2D eigenvalue weighted by Crippen LogP contribution is -2.52. The molecule has 1 aliphatic heterocycles. The topological polar surface area (TPSA) is 53.2 Å². The van der Waals surface area contributed by atoms with E-state index in [0.717, 1.165) is 13.0 Å². The second-order valence-corrected chi connectivity index (χ2v) is 5.65. The third kappa shape index (κ3) is 4.51. The summed E-state index contributed by atoms with van der Waals surface area (Å²) in [5, 5.41) is 9.20. The van der Waals surface area contributed by atoms with Crippen LogP contribution < -0.4 is 16.0 Å². The zero-order valence-electron chi connectivity index (χ0n) is 10.2. The predicted octanol–water partition coefficient (Wildman–Crippen LogP) is 1.23. The zero-order chi connectivity index (χ0) is 11.5. The van der Waals surface area contributed by atoms with Gasteiger partial charge in [-0.15, -0.1) is 0 Å². The fourth-order valence-corrected chi connectivity index (χ4v) is 1.77. The van der Waals surface area contributed by atoms with E-state index < -0.39 is 0 Å². The van der Waals surface area contributed by atoms with E-state index in [-0.39, 0.29) is 17.1 Å². The molecule has 0 aliphatic carbocycles. The Morgan fingerprint density at radius 2 is 2.13 bits per heavy atom. The van der Waals surface area contributed by atoms with Gasteiger partial charge in [-0.1, -0.05) is 0 Å². The van der Waals surface area contributed by atoms with E-state index in [2.05, 4.69) is 22.9 Å². The van der Waals surface area contributed by atoms with Crippen LogP contribution in [0.5, 0.6) is 0 Å². The number of hydrogen-bond donors (Lipinski definition) is 3. The van der Waals surface area contributed by atoms with E-state index in [1.807, 2.05) is 20.8 Å². The number of amides is 2. The SMILES string of the molecule is CC(C)(C)NC(=O)NCC1(C)CCCN1. The van der Waals surface area contributed by atoms with Gasteiger partial charge in [-0.3, -0.25) is 0 Å². The second-order valence-electron chi connectivity index (χ2n) is 5.65. The summed E-state index contributed by atoms with van der Waals surface area (Å²) in [5.41, 5.74) is -0.0939. The van der Waals surface area contributed by atoms with Crippen LogP contribution in [0.15, 0.2) is 0 Å². The molecule has 1 unspecified atom stereocenters. The summed E-state index contributed by atoms with van der Waals surface area (Å²) in [7, 11) is 0. The molecule has 1 saturated heterocycles. The maximum absolute atomic E-state index is 11.5. The summed E-state index contributed by atoms with van der Waals surface area (Å²) in [6.07, 6.45) is 2.32. The molecule has 0 aromatic carbocycles. The fourth-order valence-electron chi connectivity index (χ4n) is 1.77. The van der Waals surface area contributed by atoms with Crippen LogP contribution in [0.3, 0.4) is 0 Å². The lowest BCUT2D eigenvalue weighted by molar-refractivity contribution is 0.228. The van der Waals surface area contributed by atoms with Crippen molar-refractivity contribution < 1.29 is 4.79 Å². The molecule has 2 amide bonds. The molecule has 4 nitrogen and oxygen atoms in total. The lowest BCUT2D eigenvalue weighted by Gasteiger charge is -2.26. The smallest absolute Gasteiger partial charge is 0.315 e. The first-order valence-corrected chi connectivity index (χ1v) is 5.62. The molecular weight excluding hydrogens is 190 g/mol. The van der Waals surface area contributed by atoms with E-state index in [4.69, 9.17) is 0 Å². The second kappa shape index (κ2) is 4.39. The Bertz CT molecular complexity index is 226. The minimum Gasteiger partial charge on any atom is -0.336 e. The Morgan fingerprint density at radius 3 is 2.60 bits per heavy atom. The van der Waals surface area contributed by atoms with Crippen LogP contribution in [0, 0.1) is 0 Å². The monoisotopic (exact) mass is 213 g/mol. The molecule has 3 N–H and O–H groups in total. The summed E-state index contributed by atoms with van der Waals surface area (Å²) in [6, 6.07) is -0.0857. The van der Waals surface area contributed by atoms with Crippen LogP contribution in [0.2, 0.25) is 0 Å². The molecule has 0 spiro atoms. The van der Waals surface area contributed by atoms with E-state index in [1.54, 1.807) is 0 Å². The summed E-state index contributed by atoms with van der Waals surface area (Å²) in [4.78, 5) is 11.5. The first kappa shape index (κ1) is 12.3. The highest BCUT2D eigenvalue weighted by Crippen LogP contribution is 2.16. The largest absolute Gasteiger partial charge is 0.336 e. The van der Waals surface area contributed by atoms with Gasteiger partial charge in [0.2, 0.25) is 0 Å². The molecule has 88 valence electrons. The van der Waals surface area contributed by atoms with Crippen molar-refractivity contribution in [1.29, 1.82) is 0 Å². The molecular formula is C11H23N3O. The van der Waals surface area contributed by atoms with Gasteiger partial charge in [0.1, 0.15) is 0 Å². The summed E-state index contributed by atoms with van der Waals surface area (Å²) in [5.74, 6) is 0. The molecule has 1 aliphatic rings. The maximum atomic E-state index is 11.5. The van der Waals surface area contributed by atoms with Crippen LogP contribution in [-0.2, 0) is 0 Å². The predicted molar refractivity (Wildman–Crippen MR) is 61.9 cm³/mol. The molecule has 1 heterocycles. The van der Waals surface area contributed by atoms with Gasteiger partial charge in [0.25, 0.3) is 0 Å². The average molecular weight is 213 g/mol. The van der Waals surface area contributed by atoms with Gasteiger partial charge in [0.15, 0.2) is 0 Å². The van der Waals surface area contributed by atoms with Crippen molar-refractivity contribution in [3.05, 3.63) is 0 Å². The third-order valence-corrected chi connectivity index (χ3v) is 2.58. The number of nitrogens with one attached hydrogen (secondary N) is 3. The minimum absolute atomic E-state index is 0.0786. The molecule has 1 fully saturated rings. The molecule has 1 rings (SSSR count). The van der Waals surface area contributed by atoms with Crippen molar-refractivity contribution in [3.8, 4) is 0 Å². The van der Waals surface area contributed by atoms with Gasteiger partial charge in [0.05, 0.1) is 0 Å². The Labute approximate surface area is 92.2 Å². The number of carbonyl (C=O) groups excluding carboxylic acids is 1. The molecule has 0 saturated carbocycles. The normalized spacial score (nSPS) is 26.4. The van der Waals surface area contributed by atoms with Crippen LogP contribution in [-0.4, -0.2) is 30.2 Å². The average Bonchev–Trinajstić information content (AvgIpc) is 2.47. The van der Waals surface area contributed by atoms with Gasteiger partial charge in [-0.25, -0.2) is 4.79 Å². The highest BCUT2D eigenvalue weighted by Gasteiger charge is 2.28. The maximum Gasteiger partial charge on any atom is 0.315 e. The number of hydrogen-bond acceptors (Lipinski definition) is 2. The summed E-state index contributed by atoms with van der Waals surface area (Å²) >= 11 is 0. The van der Waals surface area contributed by atoms with Crippen LogP contribution >= 0.6 is 0 Å². The molecule has 0 bridgehead atoms. The zero-order valence-corrected chi connectivity index (χ0v) is 10.2. The van der Waals surface area contributed by atoms with Gasteiger partial charge in [0, 0.05) is 17.6 Å². The van der Waals surface area contributed by atoms with Crippen molar-refractivity contribution in [1.82, 2.24) is 16.0 Å². The van der Waals surface area contributed by atoms with Gasteiger partial charge < -0.3 is 16.0 Å². The molecule has 0 aromatic heterocycles. The van der Waals surface area contributed by atoms with Gasteiger partial charge in [-0.2, -0.15) is 0 Å². The summed E-state index contributed by atoms with van der Waals surface area (Å²) in [6.45, 7) is 9.82. The summed E-state index contributed by atoms with van der Waals surface area (Å²) < 4.78 is 0. The molecule has 0 aromatic rings. The first-order chi connectivity index (χ1) is 6.81. The van der Waals surface area contributed by atoms with E-state index in [1.165, 1.54) is 6.42 Å². The van der Waals surface area contributed by atoms with Crippen LogP contribution in [0.25, 0.3) is 0 Å². The number of urea groups is 1. The van der Waals surface area contributed by atoms with Crippen LogP contribution in [0.4, 0.5) is 4.79 Å². The molecule has 4 heteroatoms. The van der Waals surface area contributed by atoms with E-state index in [0.29, 0.717) is 6.54 Å². The fraction of sp³-hybridized carbons (Fsp3) is 0.909. The van der Waals surface area contributed by atoms with Gasteiger partial charge in [-0.05, 0) is 47.1 Å².